The molecule has 1 heterocycles. The maximum atomic E-state index is 12.4. The Morgan fingerprint density at radius 1 is 1.04 bits per heavy atom. The summed E-state index contributed by atoms with van der Waals surface area (Å²) in [6.45, 7) is 2.70. The van der Waals surface area contributed by atoms with Gasteiger partial charge in [-0.1, -0.05) is 29.8 Å². The first-order chi connectivity index (χ1) is 12.6. The van der Waals surface area contributed by atoms with E-state index in [1.165, 1.54) is 24.0 Å². The van der Waals surface area contributed by atoms with Crippen LogP contribution in [0.1, 0.15) is 31.8 Å². The normalized spacial score (nSPS) is 11.4. The van der Waals surface area contributed by atoms with Gasteiger partial charge in [0.1, 0.15) is 0 Å². The van der Waals surface area contributed by atoms with Crippen molar-refractivity contribution in [3.8, 4) is 0 Å². The van der Waals surface area contributed by atoms with Gasteiger partial charge in [0.05, 0.1) is 12.7 Å². The highest BCUT2D eigenvalue weighted by molar-refractivity contribution is 7.07. The summed E-state index contributed by atoms with van der Waals surface area (Å²) in [5.74, 6) is -0.781. The van der Waals surface area contributed by atoms with Crippen LogP contribution in [0, 0.1) is 6.92 Å². The van der Waals surface area contributed by atoms with Crippen molar-refractivity contribution in [1.82, 2.24) is 4.57 Å². The number of ether oxygens (including phenoxy) is 1. The topological polar surface area (TPSA) is 60.7 Å². The Kier molecular flexibility index (Phi) is 5.43. The van der Waals surface area contributed by atoms with Crippen LogP contribution < -0.4 is 4.80 Å². The van der Waals surface area contributed by atoms with Crippen molar-refractivity contribution in [2.24, 2.45) is 4.99 Å². The minimum absolute atomic E-state index is 0.346. The van der Waals surface area contributed by atoms with E-state index in [2.05, 4.69) is 34.0 Å². The SMILES string of the molecule is COC(=O)c1ccc(C(=O)N=c2sccn2Cc2ccc(C)cc2)cc1. The Morgan fingerprint density at radius 3 is 2.35 bits per heavy atom. The molecule has 5 nitrogen and oxygen atoms in total. The van der Waals surface area contributed by atoms with Crippen molar-refractivity contribution in [3.63, 3.8) is 0 Å². The molecular weight excluding hydrogens is 348 g/mol. The number of hydrogen-bond donors (Lipinski definition) is 0. The van der Waals surface area contributed by atoms with Crippen LogP contribution in [-0.4, -0.2) is 23.6 Å². The molecule has 0 bridgehead atoms. The van der Waals surface area contributed by atoms with E-state index in [0.717, 1.165) is 5.56 Å². The standard InChI is InChI=1S/C20H18N2O3S/c1-14-3-5-15(6-4-14)13-22-11-12-26-20(22)21-18(23)16-7-9-17(10-8-16)19(24)25-2/h3-12H,13H2,1-2H3. The summed E-state index contributed by atoms with van der Waals surface area (Å²) in [5, 5.41) is 1.90. The quantitative estimate of drug-likeness (QED) is 0.665. The molecule has 0 aliphatic rings. The smallest absolute Gasteiger partial charge is 0.337 e. The number of thiazole rings is 1. The second kappa shape index (κ2) is 7.93. The molecular formula is C20H18N2O3S. The van der Waals surface area contributed by atoms with Gasteiger partial charge >= 0.3 is 5.97 Å². The Bertz CT molecular complexity index is 983. The number of nitrogens with zero attached hydrogens (tertiary/aromatic N) is 2. The Morgan fingerprint density at radius 2 is 1.69 bits per heavy atom. The zero-order valence-corrected chi connectivity index (χ0v) is 15.3. The van der Waals surface area contributed by atoms with E-state index in [4.69, 9.17) is 0 Å². The summed E-state index contributed by atoms with van der Waals surface area (Å²) in [4.78, 5) is 28.7. The molecule has 26 heavy (non-hydrogen) atoms. The highest BCUT2D eigenvalue weighted by atomic mass is 32.1. The molecule has 0 aliphatic carbocycles. The maximum absolute atomic E-state index is 12.4. The molecule has 0 spiro atoms. The Labute approximate surface area is 155 Å². The molecule has 3 rings (SSSR count). The van der Waals surface area contributed by atoms with Crippen molar-refractivity contribution in [1.29, 1.82) is 0 Å². The van der Waals surface area contributed by atoms with E-state index in [1.807, 2.05) is 23.1 Å². The second-order valence-corrected chi connectivity index (χ2v) is 6.66. The van der Waals surface area contributed by atoms with E-state index in [9.17, 15) is 9.59 Å². The second-order valence-electron chi connectivity index (χ2n) is 5.78. The molecule has 0 saturated carbocycles. The summed E-state index contributed by atoms with van der Waals surface area (Å²) in [6, 6.07) is 14.5. The summed E-state index contributed by atoms with van der Waals surface area (Å²) in [6.07, 6.45) is 1.91. The van der Waals surface area contributed by atoms with Gasteiger partial charge < -0.3 is 9.30 Å². The van der Waals surface area contributed by atoms with Crippen LogP contribution >= 0.6 is 11.3 Å². The lowest BCUT2D eigenvalue weighted by molar-refractivity contribution is 0.0600. The summed E-state index contributed by atoms with van der Waals surface area (Å²) in [5.41, 5.74) is 3.17. The molecule has 1 amide bonds. The number of carbonyl (C=O) groups is 2. The molecule has 1 aromatic heterocycles. The number of amides is 1. The zero-order chi connectivity index (χ0) is 18.5. The number of aryl methyl sites for hydroxylation is 1. The number of hydrogen-bond acceptors (Lipinski definition) is 4. The van der Waals surface area contributed by atoms with Gasteiger partial charge in [-0.2, -0.15) is 4.99 Å². The van der Waals surface area contributed by atoms with Gasteiger partial charge in [-0.3, -0.25) is 4.79 Å². The van der Waals surface area contributed by atoms with Gasteiger partial charge in [0.2, 0.25) is 0 Å². The number of rotatable bonds is 4. The van der Waals surface area contributed by atoms with Gasteiger partial charge in [0, 0.05) is 23.7 Å². The lowest BCUT2D eigenvalue weighted by Crippen LogP contribution is -2.17. The number of esters is 1. The largest absolute Gasteiger partial charge is 0.465 e. The number of benzene rings is 2. The van der Waals surface area contributed by atoms with E-state index in [-0.39, 0.29) is 5.91 Å². The number of methoxy groups -OCH3 is 1. The predicted molar refractivity (Wildman–Crippen MR) is 100 cm³/mol. The average Bonchev–Trinajstić information content (AvgIpc) is 3.09. The summed E-state index contributed by atoms with van der Waals surface area (Å²) in [7, 11) is 1.32. The molecule has 0 radical (unpaired) electrons. The van der Waals surface area contributed by atoms with Gasteiger partial charge in [0.15, 0.2) is 4.80 Å². The van der Waals surface area contributed by atoms with Crippen LogP contribution in [0.2, 0.25) is 0 Å². The molecule has 0 N–H and O–H groups in total. The van der Waals surface area contributed by atoms with E-state index >= 15 is 0 Å². The van der Waals surface area contributed by atoms with Crippen LogP contribution in [0.3, 0.4) is 0 Å². The third kappa shape index (κ3) is 4.15. The maximum Gasteiger partial charge on any atom is 0.337 e. The van der Waals surface area contributed by atoms with Crippen LogP contribution in [0.25, 0.3) is 0 Å². The van der Waals surface area contributed by atoms with Gasteiger partial charge in [0.25, 0.3) is 5.91 Å². The highest BCUT2D eigenvalue weighted by Crippen LogP contribution is 2.08. The van der Waals surface area contributed by atoms with Crippen molar-refractivity contribution < 1.29 is 14.3 Å². The van der Waals surface area contributed by atoms with Crippen LogP contribution in [-0.2, 0) is 11.3 Å². The molecule has 0 saturated heterocycles. The van der Waals surface area contributed by atoms with E-state index < -0.39 is 5.97 Å². The monoisotopic (exact) mass is 366 g/mol. The van der Waals surface area contributed by atoms with Gasteiger partial charge in [-0.05, 0) is 36.8 Å². The fourth-order valence-corrected chi connectivity index (χ4v) is 3.14. The molecule has 0 unspecified atom stereocenters. The predicted octanol–water partition coefficient (Wildman–Crippen LogP) is 3.43. The van der Waals surface area contributed by atoms with Crippen molar-refractivity contribution in [2.45, 2.75) is 13.5 Å². The molecule has 2 aromatic carbocycles. The minimum Gasteiger partial charge on any atom is -0.465 e. The fourth-order valence-electron chi connectivity index (χ4n) is 2.42. The van der Waals surface area contributed by atoms with Crippen molar-refractivity contribution >= 4 is 23.2 Å². The first-order valence-corrected chi connectivity index (χ1v) is 8.91. The molecule has 0 atom stereocenters. The fraction of sp³-hybridized carbons (Fsp3) is 0.150. The lowest BCUT2D eigenvalue weighted by Gasteiger charge is -2.04. The van der Waals surface area contributed by atoms with Crippen LogP contribution in [0.4, 0.5) is 0 Å². The third-order valence-corrected chi connectivity index (χ3v) is 4.68. The molecule has 6 heteroatoms. The zero-order valence-electron chi connectivity index (χ0n) is 14.5. The minimum atomic E-state index is -0.435. The first kappa shape index (κ1) is 17.8. The summed E-state index contributed by atoms with van der Waals surface area (Å²) < 4.78 is 6.59. The van der Waals surface area contributed by atoms with Crippen LogP contribution in [0.5, 0.6) is 0 Å². The molecule has 0 aliphatic heterocycles. The Hall–Kier alpha value is -2.99. The Balaban J connectivity index is 1.82. The molecule has 132 valence electrons. The van der Waals surface area contributed by atoms with E-state index in [1.54, 1.807) is 24.3 Å². The van der Waals surface area contributed by atoms with Gasteiger partial charge in [-0.25, -0.2) is 4.79 Å². The first-order valence-electron chi connectivity index (χ1n) is 8.04. The van der Waals surface area contributed by atoms with E-state index in [0.29, 0.717) is 22.5 Å². The van der Waals surface area contributed by atoms with Gasteiger partial charge in [-0.15, -0.1) is 11.3 Å². The van der Waals surface area contributed by atoms with Crippen molar-refractivity contribution in [3.05, 3.63) is 87.2 Å². The lowest BCUT2D eigenvalue weighted by atomic mass is 10.1. The average molecular weight is 366 g/mol. The number of aromatic nitrogens is 1. The van der Waals surface area contributed by atoms with Crippen molar-refractivity contribution in [2.75, 3.05) is 7.11 Å². The summed E-state index contributed by atoms with van der Waals surface area (Å²) >= 11 is 1.41. The highest BCUT2D eigenvalue weighted by Gasteiger charge is 2.09. The molecule has 0 fully saturated rings. The third-order valence-electron chi connectivity index (χ3n) is 3.88. The molecule has 3 aromatic rings. The van der Waals surface area contributed by atoms with Crippen LogP contribution in [0.15, 0.2) is 65.1 Å². The number of carbonyl (C=O) groups excluding carboxylic acids is 2.